The molecule has 2 N–H and O–H groups in total. The summed E-state index contributed by atoms with van der Waals surface area (Å²) in [5.74, 6) is -1.91. The maximum atomic E-state index is 14.7. The van der Waals surface area contributed by atoms with Crippen molar-refractivity contribution in [1.29, 1.82) is 0 Å². The van der Waals surface area contributed by atoms with Crippen LogP contribution in [0.25, 0.3) is 0 Å². The summed E-state index contributed by atoms with van der Waals surface area (Å²) in [7, 11) is 0. The van der Waals surface area contributed by atoms with Gasteiger partial charge in [-0.05, 0) is 28.8 Å². The maximum absolute atomic E-state index is 14.7. The third-order valence-corrected chi connectivity index (χ3v) is 7.08. The zero-order chi connectivity index (χ0) is 25.8. The van der Waals surface area contributed by atoms with Gasteiger partial charge in [-0.25, -0.2) is 13.8 Å². The molecule has 0 saturated heterocycles. The summed E-state index contributed by atoms with van der Waals surface area (Å²) in [5, 5.41) is 0.456. The van der Waals surface area contributed by atoms with Crippen molar-refractivity contribution in [3.8, 4) is 0 Å². The van der Waals surface area contributed by atoms with Crippen LogP contribution in [0.4, 0.5) is 19.6 Å². The van der Waals surface area contributed by atoms with Crippen molar-refractivity contribution in [3.05, 3.63) is 149 Å². The van der Waals surface area contributed by atoms with Crippen LogP contribution < -0.4 is 10.6 Å². The number of rotatable bonds is 8. The highest BCUT2D eigenvalue weighted by Crippen LogP contribution is 2.49. The van der Waals surface area contributed by atoms with Crippen LogP contribution in [0, 0.1) is 11.6 Å². The molecule has 0 fully saturated rings. The Morgan fingerprint density at radius 2 is 1.24 bits per heavy atom. The molecule has 0 saturated carbocycles. The Labute approximate surface area is 217 Å². The van der Waals surface area contributed by atoms with Gasteiger partial charge in [-0.2, -0.15) is 0 Å². The van der Waals surface area contributed by atoms with Gasteiger partial charge in [-0.1, -0.05) is 91.0 Å². The van der Waals surface area contributed by atoms with Crippen LogP contribution in [-0.2, 0) is 16.8 Å². The number of nitrogens with two attached hydrogens (primary N) is 1. The van der Waals surface area contributed by atoms with E-state index in [0.717, 1.165) is 22.8 Å². The Bertz CT molecular complexity index is 1390. The van der Waals surface area contributed by atoms with Crippen LogP contribution in [0.5, 0.6) is 0 Å². The lowest BCUT2D eigenvalue weighted by Gasteiger charge is -2.45. The van der Waals surface area contributed by atoms with Crippen LogP contribution >= 0.6 is 11.3 Å². The van der Waals surface area contributed by atoms with E-state index in [1.807, 2.05) is 95.9 Å². The molecule has 0 bridgehead atoms. The standard InChI is InChI=1S/C30H23F2N3OS/c31-24-16-25(32)18-26(17-24)35(29-34-20-27(37-29)19-28(33)36)30(21-10-4-1-5-11-21,22-12-6-2-7-13-22)23-14-8-3-9-15-23/h1-18,20H,19H2,(H2,33,36). The number of aromatic nitrogens is 1. The number of hydrogen-bond donors (Lipinski definition) is 1. The Morgan fingerprint density at radius 3 is 1.68 bits per heavy atom. The molecule has 1 amide bonds. The molecule has 5 aromatic rings. The molecule has 0 atom stereocenters. The minimum atomic E-state index is -1.08. The fraction of sp³-hybridized carbons (Fsp3) is 0.0667. The van der Waals surface area contributed by atoms with Crippen molar-refractivity contribution in [2.45, 2.75) is 12.0 Å². The van der Waals surface area contributed by atoms with Crippen molar-refractivity contribution >= 4 is 28.1 Å². The smallest absolute Gasteiger partial charge is 0.222 e. The van der Waals surface area contributed by atoms with Crippen LogP contribution in [-0.4, -0.2) is 10.9 Å². The zero-order valence-corrected chi connectivity index (χ0v) is 20.5. The molecule has 4 nitrogen and oxygen atoms in total. The predicted octanol–water partition coefficient (Wildman–Crippen LogP) is 6.58. The molecule has 5 rings (SSSR count). The molecular formula is C30H23F2N3OS. The van der Waals surface area contributed by atoms with Gasteiger partial charge >= 0.3 is 0 Å². The van der Waals surface area contributed by atoms with Gasteiger partial charge in [0.15, 0.2) is 5.13 Å². The van der Waals surface area contributed by atoms with Gasteiger partial charge in [0.2, 0.25) is 5.91 Å². The molecule has 4 aromatic carbocycles. The molecule has 37 heavy (non-hydrogen) atoms. The second kappa shape index (κ2) is 10.3. The van der Waals surface area contributed by atoms with E-state index in [-0.39, 0.29) is 12.1 Å². The average molecular weight is 512 g/mol. The minimum absolute atomic E-state index is 0.0119. The number of carbonyl (C=O) groups excluding carboxylic acids is 1. The second-order valence-electron chi connectivity index (χ2n) is 8.52. The van der Waals surface area contributed by atoms with E-state index in [9.17, 15) is 13.6 Å². The number of carbonyl (C=O) groups is 1. The first kappa shape index (κ1) is 24.3. The maximum Gasteiger partial charge on any atom is 0.222 e. The Kier molecular flexibility index (Phi) is 6.79. The second-order valence-corrected chi connectivity index (χ2v) is 9.62. The number of halogens is 2. The molecular weight excluding hydrogens is 488 g/mol. The van der Waals surface area contributed by atoms with Gasteiger partial charge in [0, 0.05) is 17.1 Å². The summed E-state index contributed by atoms with van der Waals surface area (Å²) in [5.41, 5.74) is 7.24. The van der Waals surface area contributed by atoms with Gasteiger partial charge in [0.05, 0.1) is 12.1 Å². The molecule has 1 heterocycles. The summed E-state index contributed by atoms with van der Waals surface area (Å²) in [6.45, 7) is 0. The van der Waals surface area contributed by atoms with Gasteiger partial charge < -0.3 is 5.73 Å². The minimum Gasteiger partial charge on any atom is -0.369 e. The monoisotopic (exact) mass is 511 g/mol. The van der Waals surface area contributed by atoms with Gasteiger partial charge in [-0.3, -0.25) is 9.69 Å². The van der Waals surface area contributed by atoms with Crippen molar-refractivity contribution in [2.75, 3.05) is 4.90 Å². The molecule has 0 aliphatic heterocycles. The highest BCUT2D eigenvalue weighted by molar-refractivity contribution is 7.15. The number of thiazole rings is 1. The summed E-state index contributed by atoms with van der Waals surface area (Å²) in [6, 6.07) is 32.7. The Hall–Kier alpha value is -4.36. The SMILES string of the molecule is NC(=O)Cc1cnc(N(c2cc(F)cc(F)c2)C(c2ccccc2)(c2ccccc2)c2ccccc2)s1. The summed E-state index contributed by atoms with van der Waals surface area (Å²) >= 11 is 1.26. The fourth-order valence-electron chi connectivity index (χ4n) is 4.70. The first-order valence-corrected chi connectivity index (χ1v) is 12.5. The van der Waals surface area contributed by atoms with Gasteiger partial charge in [0.1, 0.15) is 17.2 Å². The van der Waals surface area contributed by atoms with Crippen LogP contribution in [0.3, 0.4) is 0 Å². The molecule has 0 aliphatic rings. The quantitative estimate of drug-likeness (QED) is 0.240. The van der Waals surface area contributed by atoms with Crippen molar-refractivity contribution in [2.24, 2.45) is 5.73 Å². The van der Waals surface area contributed by atoms with Crippen molar-refractivity contribution in [1.82, 2.24) is 4.98 Å². The highest BCUT2D eigenvalue weighted by Gasteiger charge is 2.44. The number of hydrogen-bond acceptors (Lipinski definition) is 4. The molecule has 184 valence electrons. The van der Waals surface area contributed by atoms with Crippen LogP contribution in [0.2, 0.25) is 0 Å². The van der Waals surface area contributed by atoms with Gasteiger partial charge in [-0.15, -0.1) is 11.3 Å². The fourth-order valence-corrected chi connectivity index (χ4v) is 5.69. The van der Waals surface area contributed by atoms with E-state index in [4.69, 9.17) is 5.73 Å². The summed E-state index contributed by atoms with van der Waals surface area (Å²) < 4.78 is 29.5. The zero-order valence-electron chi connectivity index (χ0n) is 19.7. The lowest BCUT2D eigenvalue weighted by molar-refractivity contribution is -0.117. The number of anilines is 2. The predicted molar refractivity (Wildman–Crippen MR) is 143 cm³/mol. The first-order valence-electron chi connectivity index (χ1n) is 11.6. The number of primary amides is 1. The molecule has 0 unspecified atom stereocenters. The van der Waals surface area contributed by atoms with Crippen LogP contribution in [0.1, 0.15) is 21.6 Å². The largest absolute Gasteiger partial charge is 0.369 e. The van der Waals surface area contributed by atoms with Crippen molar-refractivity contribution in [3.63, 3.8) is 0 Å². The van der Waals surface area contributed by atoms with Gasteiger partial charge in [0.25, 0.3) is 0 Å². The molecule has 1 aromatic heterocycles. The lowest BCUT2D eigenvalue weighted by Crippen LogP contribution is -2.46. The number of amides is 1. The first-order chi connectivity index (χ1) is 18.0. The Morgan fingerprint density at radius 1 is 0.784 bits per heavy atom. The van der Waals surface area contributed by atoms with E-state index in [0.29, 0.717) is 10.0 Å². The molecule has 7 heteroatoms. The molecule has 0 aliphatic carbocycles. The topological polar surface area (TPSA) is 59.2 Å². The third kappa shape index (κ3) is 4.73. The number of nitrogens with zero attached hydrogens (tertiary/aromatic N) is 2. The summed E-state index contributed by atoms with van der Waals surface area (Å²) in [6.07, 6.45) is 1.59. The lowest BCUT2D eigenvalue weighted by atomic mass is 9.75. The number of benzene rings is 4. The van der Waals surface area contributed by atoms with E-state index >= 15 is 0 Å². The van der Waals surface area contributed by atoms with E-state index in [2.05, 4.69) is 4.98 Å². The average Bonchev–Trinajstić information content (AvgIpc) is 3.35. The van der Waals surface area contributed by atoms with E-state index in [1.54, 1.807) is 6.20 Å². The van der Waals surface area contributed by atoms with Crippen LogP contribution in [0.15, 0.2) is 115 Å². The van der Waals surface area contributed by atoms with E-state index < -0.39 is 23.1 Å². The summed E-state index contributed by atoms with van der Waals surface area (Å²) in [4.78, 5) is 18.8. The molecule has 0 spiro atoms. The van der Waals surface area contributed by atoms with Crippen molar-refractivity contribution < 1.29 is 13.6 Å². The highest BCUT2D eigenvalue weighted by atomic mass is 32.1. The molecule has 0 radical (unpaired) electrons. The normalized spacial score (nSPS) is 11.3. The third-order valence-electron chi connectivity index (χ3n) is 6.10. The van der Waals surface area contributed by atoms with E-state index in [1.165, 1.54) is 23.5 Å². The Balaban J connectivity index is 1.92.